The molecule has 0 fully saturated rings. The normalized spacial score (nSPS) is 13.7. The number of nitrogens with one attached hydrogen (secondary N) is 2. The number of anilines is 1. The molecule has 0 aliphatic carbocycles. The summed E-state index contributed by atoms with van der Waals surface area (Å²) < 4.78 is 0. The quantitative estimate of drug-likeness (QED) is 0.834. The smallest absolute Gasteiger partial charge is 0.321 e. The molecule has 4 nitrogen and oxygen atoms in total. The standard InChI is InChI=1S/C16H27N3O/c1-6-12(3)19(5)16(20)18-15-10-8-14(9-11-15)13(4)17-7-2/h8-13,17H,6-7H2,1-5H3,(H,18,20). The third-order valence-corrected chi connectivity index (χ3v) is 3.74. The van der Waals surface area contributed by atoms with Gasteiger partial charge in [-0.3, -0.25) is 0 Å². The van der Waals surface area contributed by atoms with E-state index >= 15 is 0 Å². The summed E-state index contributed by atoms with van der Waals surface area (Å²) in [5, 5.41) is 6.29. The summed E-state index contributed by atoms with van der Waals surface area (Å²) in [7, 11) is 1.82. The summed E-state index contributed by atoms with van der Waals surface area (Å²) in [5.74, 6) is 0. The zero-order valence-corrected chi connectivity index (χ0v) is 13.2. The van der Waals surface area contributed by atoms with Crippen LogP contribution < -0.4 is 10.6 Å². The molecule has 2 N–H and O–H groups in total. The van der Waals surface area contributed by atoms with E-state index in [4.69, 9.17) is 0 Å². The summed E-state index contributed by atoms with van der Waals surface area (Å²) in [5.41, 5.74) is 2.05. The summed E-state index contributed by atoms with van der Waals surface area (Å²) in [6.45, 7) is 9.29. The predicted octanol–water partition coefficient (Wildman–Crippen LogP) is 3.62. The fraction of sp³-hybridized carbons (Fsp3) is 0.562. The fourth-order valence-electron chi connectivity index (χ4n) is 1.96. The van der Waals surface area contributed by atoms with E-state index in [0.29, 0.717) is 6.04 Å². The van der Waals surface area contributed by atoms with Gasteiger partial charge in [0.05, 0.1) is 0 Å². The Labute approximate surface area is 122 Å². The highest BCUT2D eigenvalue weighted by atomic mass is 16.2. The first-order valence-electron chi connectivity index (χ1n) is 7.36. The minimum Gasteiger partial charge on any atom is -0.325 e. The molecule has 2 amide bonds. The predicted molar refractivity (Wildman–Crippen MR) is 85.1 cm³/mol. The van der Waals surface area contributed by atoms with Gasteiger partial charge in [-0.15, -0.1) is 0 Å². The van der Waals surface area contributed by atoms with Crippen LogP contribution in [0.5, 0.6) is 0 Å². The molecule has 2 unspecified atom stereocenters. The molecule has 20 heavy (non-hydrogen) atoms. The van der Waals surface area contributed by atoms with Gasteiger partial charge in [-0.25, -0.2) is 4.79 Å². The fourth-order valence-corrected chi connectivity index (χ4v) is 1.96. The van der Waals surface area contributed by atoms with E-state index in [9.17, 15) is 4.79 Å². The van der Waals surface area contributed by atoms with Gasteiger partial charge in [0.25, 0.3) is 0 Å². The Morgan fingerprint density at radius 1 is 1.20 bits per heavy atom. The average Bonchev–Trinajstić information content (AvgIpc) is 2.46. The van der Waals surface area contributed by atoms with Gasteiger partial charge < -0.3 is 15.5 Å². The average molecular weight is 277 g/mol. The summed E-state index contributed by atoms with van der Waals surface area (Å²) in [6.07, 6.45) is 0.947. The van der Waals surface area contributed by atoms with E-state index in [2.05, 4.69) is 31.4 Å². The number of urea groups is 1. The molecule has 1 aromatic rings. The van der Waals surface area contributed by atoms with E-state index in [-0.39, 0.29) is 12.1 Å². The van der Waals surface area contributed by atoms with Crippen molar-refractivity contribution < 1.29 is 4.79 Å². The molecule has 1 aromatic carbocycles. The van der Waals surface area contributed by atoms with Gasteiger partial charge in [0.1, 0.15) is 0 Å². The van der Waals surface area contributed by atoms with Crippen molar-refractivity contribution in [2.45, 2.75) is 46.2 Å². The van der Waals surface area contributed by atoms with Crippen LogP contribution in [0.3, 0.4) is 0 Å². The van der Waals surface area contributed by atoms with Crippen LogP contribution in [0.15, 0.2) is 24.3 Å². The van der Waals surface area contributed by atoms with Crippen molar-refractivity contribution in [1.29, 1.82) is 0 Å². The van der Waals surface area contributed by atoms with Gasteiger partial charge in [-0.1, -0.05) is 26.0 Å². The Hall–Kier alpha value is -1.55. The second-order valence-corrected chi connectivity index (χ2v) is 5.20. The molecule has 0 spiro atoms. The van der Waals surface area contributed by atoms with Crippen molar-refractivity contribution in [3.63, 3.8) is 0 Å². The zero-order valence-electron chi connectivity index (χ0n) is 13.2. The summed E-state index contributed by atoms with van der Waals surface area (Å²) in [4.78, 5) is 13.8. The van der Waals surface area contributed by atoms with Crippen molar-refractivity contribution in [3.05, 3.63) is 29.8 Å². The lowest BCUT2D eigenvalue weighted by molar-refractivity contribution is 0.206. The molecule has 0 aliphatic heterocycles. The first-order valence-corrected chi connectivity index (χ1v) is 7.36. The van der Waals surface area contributed by atoms with E-state index in [1.807, 2.05) is 38.2 Å². The first-order chi connectivity index (χ1) is 9.49. The number of hydrogen-bond donors (Lipinski definition) is 2. The molecular weight excluding hydrogens is 250 g/mol. The maximum atomic E-state index is 12.0. The highest BCUT2D eigenvalue weighted by molar-refractivity contribution is 5.89. The van der Waals surface area contributed by atoms with Crippen LogP contribution in [0.4, 0.5) is 10.5 Å². The minimum absolute atomic E-state index is 0.0631. The van der Waals surface area contributed by atoms with Gasteiger partial charge in [0.15, 0.2) is 0 Å². The second-order valence-electron chi connectivity index (χ2n) is 5.20. The molecule has 0 bridgehead atoms. The topological polar surface area (TPSA) is 44.4 Å². The van der Waals surface area contributed by atoms with Crippen molar-refractivity contribution in [3.8, 4) is 0 Å². The van der Waals surface area contributed by atoms with Gasteiger partial charge in [-0.2, -0.15) is 0 Å². The number of carbonyl (C=O) groups excluding carboxylic acids is 1. The molecule has 112 valence electrons. The second kappa shape index (κ2) is 7.90. The molecule has 0 aromatic heterocycles. The number of carbonyl (C=O) groups is 1. The Kier molecular flexibility index (Phi) is 6.52. The number of benzene rings is 1. The highest BCUT2D eigenvalue weighted by Crippen LogP contribution is 2.16. The molecule has 0 heterocycles. The molecule has 0 radical (unpaired) electrons. The van der Waals surface area contributed by atoms with E-state index in [1.54, 1.807) is 4.90 Å². The monoisotopic (exact) mass is 277 g/mol. The third kappa shape index (κ3) is 4.53. The number of nitrogens with zero attached hydrogens (tertiary/aromatic N) is 1. The van der Waals surface area contributed by atoms with Crippen LogP contribution >= 0.6 is 0 Å². The Morgan fingerprint density at radius 3 is 2.30 bits per heavy atom. The van der Waals surface area contributed by atoms with Crippen molar-refractivity contribution in [1.82, 2.24) is 10.2 Å². The number of amides is 2. The maximum Gasteiger partial charge on any atom is 0.321 e. The van der Waals surface area contributed by atoms with Crippen LogP contribution in [0.1, 0.15) is 45.7 Å². The zero-order chi connectivity index (χ0) is 15.1. The van der Waals surface area contributed by atoms with E-state index < -0.39 is 0 Å². The van der Waals surface area contributed by atoms with Crippen LogP contribution in [0, 0.1) is 0 Å². The minimum atomic E-state index is -0.0631. The third-order valence-electron chi connectivity index (χ3n) is 3.74. The molecule has 0 aliphatic rings. The molecular formula is C16H27N3O. The highest BCUT2D eigenvalue weighted by Gasteiger charge is 2.14. The van der Waals surface area contributed by atoms with Gasteiger partial charge >= 0.3 is 6.03 Å². The Morgan fingerprint density at radius 2 is 1.80 bits per heavy atom. The summed E-state index contributed by atoms with van der Waals surface area (Å²) in [6, 6.07) is 8.50. The first kappa shape index (κ1) is 16.5. The lowest BCUT2D eigenvalue weighted by Crippen LogP contribution is -2.37. The van der Waals surface area contributed by atoms with Crippen LogP contribution in [-0.2, 0) is 0 Å². The van der Waals surface area contributed by atoms with E-state index in [1.165, 1.54) is 5.56 Å². The molecule has 0 saturated heterocycles. The Balaban J connectivity index is 2.63. The van der Waals surface area contributed by atoms with Crippen LogP contribution in [0.25, 0.3) is 0 Å². The molecule has 0 saturated carbocycles. The summed E-state index contributed by atoms with van der Waals surface area (Å²) >= 11 is 0. The lowest BCUT2D eigenvalue weighted by atomic mass is 10.1. The van der Waals surface area contributed by atoms with Gasteiger partial charge in [0, 0.05) is 24.8 Å². The van der Waals surface area contributed by atoms with Crippen molar-refractivity contribution >= 4 is 11.7 Å². The lowest BCUT2D eigenvalue weighted by Gasteiger charge is -2.24. The van der Waals surface area contributed by atoms with Crippen molar-refractivity contribution in [2.24, 2.45) is 0 Å². The van der Waals surface area contributed by atoms with Crippen LogP contribution in [0.2, 0.25) is 0 Å². The SMILES string of the molecule is CCNC(C)c1ccc(NC(=O)N(C)C(C)CC)cc1. The van der Waals surface area contributed by atoms with Gasteiger partial charge in [-0.05, 0) is 44.5 Å². The van der Waals surface area contributed by atoms with Gasteiger partial charge in [0.2, 0.25) is 0 Å². The molecule has 2 atom stereocenters. The van der Waals surface area contributed by atoms with E-state index in [0.717, 1.165) is 18.7 Å². The Bertz CT molecular complexity index is 416. The molecule has 4 heteroatoms. The van der Waals surface area contributed by atoms with Crippen LogP contribution in [-0.4, -0.2) is 30.6 Å². The number of hydrogen-bond acceptors (Lipinski definition) is 2. The van der Waals surface area contributed by atoms with Crippen molar-refractivity contribution in [2.75, 3.05) is 18.9 Å². The number of rotatable bonds is 6. The maximum absolute atomic E-state index is 12.0. The molecule has 1 rings (SSSR count). The largest absolute Gasteiger partial charge is 0.325 e.